The molecule has 136 valence electrons. The van der Waals surface area contributed by atoms with Crippen LogP contribution in [0.2, 0.25) is 0 Å². The van der Waals surface area contributed by atoms with Crippen LogP contribution in [0.4, 0.5) is 0 Å². The van der Waals surface area contributed by atoms with Gasteiger partial charge in [0.05, 0.1) is 7.11 Å². The van der Waals surface area contributed by atoms with Crippen LogP contribution in [-0.2, 0) is 9.53 Å². The number of carbonyl (C=O) groups is 1. The largest absolute Gasteiger partial charge is 0.469 e. The van der Waals surface area contributed by atoms with E-state index in [-0.39, 0.29) is 5.97 Å². The smallest absolute Gasteiger partial charge is 0.305 e. The third kappa shape index (κ3) is 9.34. The second kappa shape index (κ2) is 12.8. The maximum absolute atomic E-state index is 11.0. The van der Waals surface area contributed by atoms with E-state index in [0.29, 0.717) is 6.42 Å². The van der Waals surface area contributed by atoms with Gasteiger partial charge in [0, 0.05) is 18.5 Å². The van der Waals surface area contributed by atoms with E-state index in [1.807, 2.05) is 0 Å². The van der Waals surface area contributed by atoms with Gasteiger partial charge in [0.2, 0.25) is 0 Å². The molecular formula is C20H39NO2. The highest BCUT2D eigenvalue weighted by atomic mass is 16.5. The summed E-state index contributed by atoms with van der Waals surface area (Å²) in [7, 11) is 3.76. The summed E-state index contributed by atoms with van der Waals surface area (Å²) in [5.74, 6) is -0.0675. The van der Waals surface area contributed by atoms with Crippen LogP contribution in [0.3, 0.4) is 0 Å². The van der Waals surface area contributed by atoms with Crippen molar-refractivity contribution in [2.75, 3.05) is 14.2 Å². The molecule has 23 heavy (non-hydrogen) atoms. The van der Waals surface area contributed by atoms with Crippen molar-refractivity contribution >= 4 is 5.97 Å². The molecule has 1 unspecified atom stereocenters. The van der Waals surface area contributed by atoms with Crippen LogP contribution in [0.15, 0.2) is 0 Å². The second-order valence-corrected chi connectivity index (χ2v) is 7.24. The van der Waals surface area contributed by atoms with Crippen LogP contribution < -0.4 is 0 Å². The lowest BCUT2D eigenvalue weighted by molar-refractivity contribution is -0.140. The molecule has 0 aromatic rings. The zero-order chi connectivity index (χ0) is 16.9. The summed E-state index contributed by atoms with van der Waals surface area (Å²) in [6.45, 7) is 2.28. The van der Waals surface area contributed by atoms with E-state index >= 15 is 0 Å². The van der Waals surface area contributed by atoms with Crippen LogP contribution in [-0.4, -0.2) is 37.1 Å². The highest BCUT2D eigenvalue weighted by molar-refractivity contribution is 5.68. The third-order valence-electron chi connectivity index (χ3n) is 5.36. The van der Waals surface area contributed by atoms with E-state index in [1.165, 1.54) is 77.7 Å². The van der Waals surface area contributed by atoms with Crippen LogP contribution in [0, 0.1) is 0 Å². The van der Waals surface area contributed by atoms with Crippen molar-refractivity contribution in [3.8, 4) is 0 Å². The summed E-state index contributed by atoms with van der Waals surface area (Å²) in [5, 5.41) is 0. The molecule has 0 amide bonds. The SMILES string of the molecule is CCCCCCCC[C@@H]1[C@H](CCCCCCCC(=O)OC)N1C. The first-order valence-corrected chi connectivity index (χ1v) is 9.99. The Hall–Kier alpha value is -0.570. The second-order valence-electron chi connectivity index (χ2n) is 7.24. The molecule has 3 heteroatoms. The summed E-state index contributed by atoms with van der Waals surface area (Å²) < 4.78 is 4.66. The number of hydrogen-bond donors (Lipinski definition) is 0. The minimum Gasteiger partial charge on any atom is -0.469 e. The lowest BCUT2D eigenvalue weighted by Gasteiger charge is -2.02. The first kappa shape index (κ1) is 20.5. The molecular weight excluding hydrogens is 286 g/mol. The average Bonchev–Trinajstić information content (AvgIpc) is 3.18. The molecule has 3 nitrogen and oxygen atoms in total. The number of esters is 1. The van der Waals surface area contributed by atoms with Crippen molar-refractivity contribution in [2.45, 2.75) is 109 Å². The number of ether oxygens (including phenoxy) is 1. The van der Waals surface area contributed by atoms with Gasteiger partial charge < -0.3 is 4.74 Å². The Bertz CT molecular complexity index is 306. The lowest BCUT2D eigenvalue weighted by atomic mass is 10.0. The highest BCUT2D eigenvalue weighted by Crippen LogP contribution is 2.34. The monoisotopic (exact) mass is 325 g/mol. The van der Waals surface area contributed by atoms with Crippen LogP contribution in [0.1, 0.15) is 96.8 Å². The van der Waals surface area contributed by atoms with Gasteiger partial charge in [-0.25, -0.2) is 0 Å². The van der Waals surface area contributed by atoms with Crippen molar-refractivity contribution in [1.82, 2.24) is 4.90 Å². The standard InChI is InChI=1S/C20H39NO2/c1-4-5-6-7-9-12-15-18-19(21(18)2)16-13-10-8-11-14-17-20(22)23-3/h18-19H,4-17H2,1-3H3/t18-,19+,21?/m1/s1. The number of unbranched alkanes of at least 4 members (excludes halogenated alkanes) is 9. The third-order valence-corrected chi connectivity index (χ3v) is 5.36. The topological polar surface area (TPSA) is 29.3 Å². The predicted octanol–water partition coefficient (Wildman–Crippen LogP) is 5.32. The summed E-state index contributed by atoms with van der Waals surface area (Å²) in [5.41, 5.74) is 0. The quantitative estimate of drug-likeness (QED) is 0.232. The van der Waals surface area contributed by atoms with Crippen LogP contribution in [0.5, 0.6) is 0 Å². The first-order valence-electron chi connectivity index (χ1n) is 9.99. The van der Waals surface area contributed by atoms with Crippen molar-refractivity contribution < 1.29 is 9.53 Å². The predicted molar refractivity (Wildman–Crippen MR) is 97.7 cm³/mol. The Morgan fingerprint density at radius 1 is 0.826 bits per heavy atom. The molecule has 0 aliphatic carbocycles. The number of nitrogens with zero attached hydrogens (tertiary/aromatic N) is 1. The average molecular weight is 326 g/mol. The Labute approximate surface area is 144 Å². The molecule has 1 heterocycles. The van der Waals surface area contributed by atoms with E-state index in [9.17, 15) is 4.79 Å². The maximum Gasteiger partial charge on any atom is 0.305 e. The van der Waals surface area contributed by atoms with E-state index in [0.717, 1.165) is 24.9 Å². The van der Waals surface area contributed by atoms with Crippen molar-refractivity contribution in [3.05, 3.63) is 0 Å². The number of carbonyl (C=O) groups excluding carboxylic acids is 1. The van der Waals surface area contributed by atoms with Gasteiger partial charge in [0.25, 0.3) is 0 Å². The molecule has 0 aromatic carbocycles. The van der Waals surface area contributed by atoms with Gasteiger partial charge in [-0.15, -0.1) is 0 Å². The molecule has 0 aromatic heterocycles. The molecule has 1 saturated heterocycles. The molecule has 0 radical (unpaired) electrons. The number of rotatable bonds is 15. The molecule has 1 aliphatic heterocycles. The maximum atomic E-state index is 11.0. The van der Waals surface area contributed by atoms with Crippen LogP contribution in [0.25, 0.3) is 0 Å². The highest BCUT2D eigenvalue weighted by Gasteiger charge is 2.42. The van der Waals surface area contributed by atoms with E-state index in [1.54, 1.807) is 0 Å². The number of hydrogen-bond acceptors (Lipinski definition) is 3. The Balaban J connectivity index is 1.87. The number of methoxy groups -OCH3 is 1. The minimum absolute atomic E-state index is 0.0675. The normalized spacial score (nSPS) is 23.0. The van der Waals surface area contributed by atoms with Gasteiger partial charge in [-0.3, -0.25) is 9.69 Å². The fourth-order valence-electron chi connectivity index (χ4n) is 3.65. The van der Waals surface area contributed by atoms with E-state index in [2.05, 4.69) is 23.6 Å². The molecule has 1 fully saturated rings. The van der Waals surface area contributed by atoms with Gasteiger partial charge in [-0.2, -0.15) is 0 Å². The Morgan fingerprint density at radius 3 is 1.83 bits per heavy atom. The Kier molecular flexibility index (Phi) is 11.4. The molecule has 0 bridgehead atoms. The van der Waals surface area contributed by atoms with Crippen molar-refractivity contribution in [2.24, 2.45) is 0 Å². The summed E-state index contributed by atoms with van der Waals surface area (Å²) in [6, 6.07) is 1.74. The van der Waals surface area contributed by atoms with Gasteiger partial charge in [-0.05, 0) is 26.3 Å². The molecule has 1 rings (SSSR count). The summed E-state index contributed by atoms with van der Waals surface area (Å²) in [4.78, 5) is 13.6. The van der Waals surface area contributed by atoms with E-state index in [4.69, 9.17) is 0 Å². The van der Waals surface area contributed by atoms with Gasteiger partial charge in [-0.1, -0.05) is 71.1 Å². The molecule has 1 aliphatic rings. The zero-order valence-electron chi connectivity index (χ0n) is 15.8. The number of likely N-dealkylation sites (N-methyl/N-ethyl adjacent to an activating group) is 1. The summed E-state index contributed by atoms with van der Waals surface area (Å²) in [6.07, 6.45) is 17.9. The van der Waals surface area contributed by atoms with Gasteiger partial charge in [0.1, 0.15) is 0 Å². The van der Waals surface area contributed by atoms with Gasteiger partial charge >= 0.3 is 5.97 Å². The van der Waals surface area contributed by atoms with E-state index < -0.39 is 0 Å². The van der Waals surface area contributed by atoms with Crippen molar-refractivity contribution in [3.63, 3.8) is 0 Å². The molecule has 0 N–H and O–H groups in total. The van der Waals surface area contributed by atoms with Gasteiger partial charge in [0.15, 0.2) is 0 Å². The molecule has 0 spiro atoms. The fourth-order valence-corrected chi connectivity index (χ4v) is 3.65. The lowest BCUT2D eigenvalue weighted by Crippen LogP contribution is -1.99. The Morgan fingerprint density at radius 2 is 1.30 bits per heavy atom. The minimum atomic E-state index is -0.0675. The zero-order valence-corrected chi connectivity index (χ0v) is 15.8. The molecule has 3 atom stereocenters. The first-order chi connectivity index (χ1) is 11.2. The van der Waals surface area contributed by atoms with Crippen molar-refractivity contribution in [1.29, 1.82) is 0 Å². The fraction of sp³-hybridized carbons (Fsp3) is 0.950. The molecule has 0 saturated carbocycles. The summed E-state index contributed by atoms with van der Waals surface area (Å²) >= 11 is 0. The van der Waals surface area contributed by atoms with Crippen LogP contribution >= 0.6 is 0 Å².